The van der Waals surface area contributed by atoms with Gasteiger partial charge in [0.15, 0.2) is 0 Å². The van der Waals surface area contributed by atoms with Crippen LogP contribution in [0.15, 0.2) is 33.7 Å². The largest absolute Gasteiger partial charge is 0.495 e. The Morgan fingerprint density at radius 3 is 2.75 bits per heavy atom. The van der Waals surface area contributed by atoms with Gasteiger partial charge < -0.3 is 10.1 Å². The van der Waals surface area contributed by atoms with E-state index in [1.807, 2.05) is 18.2 Å². The lowest BCUT2D eigenvalue weighted by atomic mass is 10.2. The highest BCUT2D eigenvalue weighted by atomic mass is 79.9. The van der Waals surface area contributed by atoms with Crippen LogP contribution >= 0.6 is 31.9 Å². The predicted octanol–water partition coefficient (Wildman–Crippen LogP) is 3.88. The highest BCUT2D eigenvalue weighted by Crippen LogP contribution is 2.32. The number of hydrogen-bond donors (Lipinski definition) is 1. The van der Waals surface area contributed by atoms with Crippen molar-refractivity contribution in [3.63, 3.8) is 0 Å². The van der Waals surface area contributed by atoms with Crippen molar-refractivity contribution >= 4 is 31.9 Å². The number of hydrogen-bond acceptors (Lipinski definition) is 2. The molecule has 0 fully saturated rings. The standard InChI is InChI=1S/C12H15Br2NO/c1-4-8(2)15-7-9-5-10(13)6-11(14)12(9)16-3/h4-6,8,15H,1,7H2,2-3H3. The van der Waals surface area contributed by atoms with Gasteiger partial charge in [0.05, 0.1) is 11.6 Å². The van der Waals surface area contributed by atoms with Gasteiger partial charge in [0, 0.05) is 22.6 Å². The van der Waals surface area contributed by atoms with Gasteiger partial charge in [-0.15, -0.1) is 6.58 Å². The van der Waals surface area contributed by atoms with E-state index in [0.29, 0.717) is 0 Å². The SMILES string of the molecule is C=CC(C)NCc1cc(Br)cc(Br)c1OC. The van der Waals surface area contributed by atoms with Crippen LogP contribution in [0.4, 0.5) is 0 Å². The third-order valence-electron chi connectivity index (χ3n) is 2.26. The molecule has 0 aliphatic heterocycles. The molecule has 0 aliphatic carbocycles. The molecular formula is C12H15Br2NO. The normalized spacial score (nSPS) is 12.2. The van der Waals surface area contributed by atoms with Gasteiger partial charge in [-0.05, 0) is 35.0 Å². The van der Waals surface area contributed by atoms with Gasteiger partial charge in [0.1, 0.15) is 5.75 Å². The van der Waals surface area contributed by atoms with Crippen molar-refractivity contribution < 1.29 is 4.74 Å². The zero-order chi connectivity index (χ0) is 12.1. The fourth-order valence-corrected chi connectivity index (χ4v) is 2.80. The number of benzene rings is 1. The summed E-state index contributed by atoms with van der Waals surface area (Å²) in [5, 5.41) is 3.34. The summed E-state index contributed by atoms with van der Waals surface area (Å²) in [6.45, 7) is 6.54. The second-order valence-electron chi connectivity index (χ2n) is 3.49. The summed E-state index contributed by atoms with van der Waals surface area (Å²) in [6, 6.07) is 4.30. The van der Waals surface area contributed by atoms with E-state index in [2.05, 4.69) is 50.7 Å². The lowest BCUT2D eigenvalue weighted by Crippen LogP contribution is -2.23. The lowest BCUT2D eigenvalue weighted by Gasteiger charge is -2.14. The van der Waals surface area contributed by atoms with Gasteiger partial charge in [0.2, 0.25) is 0 Å². The van der Waals surface area contributed by atoms with Gasteiger partial charge in [-0.3, -0.25) is 0 Å². The van der Waals surface area contributed by atoms with Crippen LogP contribution in [0.3, 0.4) is 0 Å². The van der Waals surface area contributed by atoms with Crippen LogP contribution in [0.2, 0.25) is 0 Å². The Bertz CT molecular complexity index is 380. The molecule has 2 nitrogen and oxygen atoms in total. The summed E-state index contributed by atoms with van der Waals surface area (Å²) in [5.41, 5.74) is 1.11. The molecule has 0 radical (unpaired) electrons. The second-order valence-corrected chi connectivity index (χ2v) is 5.26. The number of ether oxygens (including phenoxy) is 1. The smallest absolute Gasteiger partial charge is 0.137 e. The van der Waals surface area contributed by atoms with Gasteiger partial charge in [-0.1, -0.05) is 22.0 Å². The first-order chi connectivity index (χ1) is 7.58. The fraction of sp³-hybridized carbons (Fsp3) is 0.333. The third kappa shape index (κ3) is 3.61. The molecular weight excluding hydrogens is 334 g/mol. The minimum Gasteiger partial charge on any atom is -0.495 e. The number of nitrogens with one attached hydrogen (secondary N) is 1. The third-order valence-corrected chi connectivity index (χ3v) is 3.30. The summed E-state index contributed by atoms with van der Waals surface area (Å²) in [5.74, 6) is 0.868. The first-order valence-corrected chi connectivity index (χ1v) is 6.55. The maximum atomic E-state index is 5.36. The molecule has 0 saturated carbocycles. The van der Waals surface area contributed by atoms with Crippen molar-refractivity contribution in [1.82, 2.24) is 5.32 Å². The number of methoxy groups -OCH3 is 1. The van der Waals surface area contributed by atoms with Crippen LogP contribution in [-0.4, -0.2) is 13.2 Å². The van der Waals surface area contributed by atoms with E-state index in [1.165, 1.54) is 0 Å². The van der Waals surface area contributed by atoms with Crippen molar-refractivity contribution in [2.24, 2.45) is 0 Å². The molecule has 0 bridgehead atoms. The van der Waals surface area contributed by atoms with E-state index >= 15 is 0 Å². The summed E-state index contributed by atoms with van der Waals surface area (Å²) in [4.78, 5) is 0. The highest BCUT2D eigenvalue weighted by molar-refractivity contribution is 9.11. The molecule has 0 saturated heterocycles. The van der Waals surface area contributed by atoms with Crippen LogP contribution in [0.5, 0.6) is 5.75 Å². The summed E-state index contributed by atoms with van der Waals surface area (Å²) in [7, 11) is 1.68. The van der Waals surface area contributed by atoms with Crippen molar-refractivity contribution in [3.8, 4) is 5.75 Å². The molecule has 16 heavy (non-hydrogen) atoms. The quantitative estimate of drug-likeness (QED) is 0.815. The molecule has 0 amide bonds. The maximum absolute atomic E-state index is 5.36. The Kier molecular flexibility index (Phi) is 5.52. The van der Waals surface area contributed by atoms with Crippen molar-refractivity contribution in [2.45, 2.75) is 19.5 Å². The molecule has 4 heteroatoms. The Balaban J connectivity index is 2.89. The summed E-state index contributed by atoms with van der Waals surface area (Å²) >= 11 is 6.95. The molecule has 1 aromatic carbocycles. The zero-order valence-electron chi connectivity index (χ0n) is 9.39. The van der Waals surface area contributed by atoms with E-state index in [9.17, 15) is 0 Å². The van der Waals surface area contributed by atoms with Crippen LogP contribution < -0.4 is 10.1 Å². The average Bonchev–Trinajstić information content (AvgIpc) is 2.25. The van der Waals surface area contributed by atoms with Crippen molar-refractivity contribution in [3.05, 3.63) is 39.3 Å². The molecule has 0 aromatic heterocycles. The summed E-state index contributed by atoms with van der Waals surface area (Å²) in [6.07, 6.45) is 1.87. The summed E-state index contributed by atoms with van der Waals surface area (Å²) < 4.78 is 7.35. The fourth-order valence-electron chi connectivity index (χ4n) is 1.33. The molecule has 88 valence electrons. The van der Waals surface area contributed by atoms with Crippen LogP contribution in [0, 0.1) is 0 Å². The van der Waals surface area contributed by atoms with Crippen LogP contribution in [0.25, 0.3) is 0 Å². The highest BCUT2D eigenvalue weighted by Gasteiger charge is 2.09. The van der Waals surface area contributed by atoms with Gasteiger partial charge in [-0.25, -0.2) is 0 Å². The Morgan fingerprint density at radius 2 is 2.19 bits per heavy atom. The van der Waals surface area contributed by atoms with Gasteiger partial charge in [-0.2, -0.15) is 0 Å². The molecule has 0 aliphatic rings. The number of rotatable bonds is 5. The molecule has 0 spiro atoms. The lowest BCUT2D eigenvalue weighted by molar-refractivity contribution is 0.404. The Labute approximate surface area is 113 Å². The van der Waals surface area contributed by atoms with Crippen LogP contribution in [0.1, 0.15) is 12.5 Å². The molecule has 0 heterocycles. The minimum atomic E-state index is 0.280. The van der Waals surface area contributed by atoms with Crippen molar-refractivity contribution in [1.29, 1.82) is 0 Å². The molecule has 1 atom stereocenters. The van der Waals surface area contributed by atoms with Gasteiger partial charge >= 0.3 is 0 Å². The number of halogens is 2. The average molecular weight is 349 g/mol. The predicted molar refractivity (Wildman–Crippen MR) is 74.9 cm³/mol. The molecule has 1 N–H and O–H groups in total. The van der Waals surface area contributed by atoms with E-state index in [1.54, 1.807) is 7.11 Å². The van der Waals surface area contributed by atoms with Crippen molar-refractivity contribution in [2.75, 3.05) is 7.11 Å². The first-order valence-electron chi connectivity index (χ1n) is 4.96. The van der Waals surface area contributed by atoms with Gasteiger partial charge in [0.25, 0.3) is 0 Å². The Hall–Kier alpha value is -0.320. The zero-order valence-corrected chi connectivity index (χ0v) is 12.6. The van der Waals surface area contributed by atoms with E-state index in [0.717, 1.165) is 26.8 Å². The minimum absolute atomic E-state index is 0.280. The first kappa shape index (κ1) is 13.7. The molecule has 1 rings (SSSR count). The second kappa shape index (κ2) is 6.42. The molecule has 1 aromatic rings. The monoisotopic (exact) mass is 347 g/mol. The Morgan fingerprint density at radius 1 is 1.50 bits per heavy atom. The maximum Gasteiger partial charge on any atom is 0.137 e. The topological polar surface area (TPSA) is 21.3 Å². The van der Waals surface area contributed by atoms with E-state index in [-0.39, 0.29) is 6.04 Å². The van der Waals surface area contributed by atoms with E-state index in [4.69, 9.17) is 4.74 Å². The molecule has 1 unspecified atom stereocenters. The van der Waals surface area contributed by atoms with Crippen LogP contribution in [-0.2, 0) is 6.54 Å². The van der Waals surface area contributed by atoms with E-state index < -0.39 is 0 Å².